The van der Waals surface area contributed by atoms with Gasteiger partial charge in [-0.1, -0.05) is 19.4 Å². The Hall–Kier alpha value is -1.40. The van der Waals surface area contributed by atoms with Crippen LogP contribution >= 0.6 is 0 Å². The van der Waals surface area contributed by atoms with Crippen molar-refractivity contribution >= 4 is 21.6 Å². The third-order valence-corrected chi connectivity index (χ3v) is 4.63. The normalized spacial score (nSPS) is 11.7. The van der Waals surface area contributed by atoms with Crippen molar-refractivity contribution in [2.75, 3.05) is 24.7 Å². The van der Waals surface area contributed by atoms with E-state index in [0.29, 0.717) is 6.54 Å². The van der Waals surface area contributed by atoms with Crippen LogP contribution in [0.5, 0.6) is 0 Å². The molecule has 1 aromatic carbocycles. The summed E-state index contributed by atoms with van der Waals surface area (Å²) in [7, 11) is -3.27. The number of sulfonamides is 1. The number of hydrogen-bond acceptors (Lipinski definition) is 3. The molecule has 1 rings (SSSR count). The van der Waals surface area contributed by atoms with Crippen molar-refractivity contribution in [3.8, 4) is 0 Å². The van der Waals surface area contributed by atoms with Crippen LogP contribution < -0.4 is 5.32 Å². The van der Waals surface area contributed by atoms with Gasteiger partial charge >= 0.3 is 0 Å². The Labute approximate surface area is 133 Å². The number of aryl methyl sites for hydroxylation is 2. The summed E-state index contributed by atoms with van der Waals surface area (Å²) in [4.78, 5) is 12.0. The number of unbranched alkanes of at least 4 members (excludes halogenated alkanes) is 1. The van der Waals surface area contributed by atoms with E-state index < -0.39 is 10.0 Å². The minimum absolute atomic E-state index is 0.157. The Morgan fingerprint density at radius 2 is 1.73 bits per heavy atom. The molecule has 0 spiro atoms. The quantitative estimate of drug-likeness (QED) is 0.799. The number of benzene rings is 1. The topological polar surface area (TPSA) is 66.5 Å². The van der Waals surface area contributed by atoms with Gasteiger partial charge in [-0.05, 0) is 43.5 Å². The molecule has 0 saturated carbocycles. The lowest BCUT2D eigenvalue weighted by Gasteiger charge is -2.19. The fraction of sp³-hybridized carbons (Fsp3) is 0.562. The minimum Gasteiger partial charge on any atom is -0.326 e. The molecule has 0 aliphatic carbocycles. The summed E-state index contributed by atoms with van der Waals surface area (Å²) in [6.45, 7) is 6.63. The molecule has 0 atom stereocenters. The van der Waals surface area contributed by atoms with Crippen molar-refractivity contribution in [1.29, 1.82) is 0 Å². The number of nitrogens with zero attached hydrogens (tertiary/aromatic N) is 1. The summed E-state index contributed by atoms with van der Waals surface area (Å²) < 4.78 is 24.8. The van der Waals surface area contributed by atoms with Crippen LogP contribution in [0.2, 0.25) is 0 Å². The van der Waals surface area contributed by atoms with E-state index in [0.717, 1.165) is 29.7 Å². The summed E-state index contributed by atoms with van der Waals surface area (Å²) in [6, 6.07) is 5.83. The number of anilines is 1. The number of nitrogens with one attached hydrogen (secondary N) is 1. The average molecular weight is 326 g/mol. The van der Waals surface area contributed by atoms with Gasteiger partial charge in [-0.3, -0.25) is 4.79 Å². The highest BCUT2D eigenvalue weighted by molar-refractivity contribution is 7.88. The van der Waals surface area contributed by atoms with Crippen molar-refractivity contribution < 1.29 is 13.2 Å². The van der Waals surface area contributed by atoms with Crippen LogP contribution in [0.1, 0.15) is 37.3 Å². The van der Waals surface area contributed by atoms with Crippen molar-refractivity contribution in [3.05, 3.63) is 29.3 Å². The maximum Gasteiger partial charge on any atom is 0.225 e. The zero-order valence-corrected chi connectivity index (χ0v) is 14.7. The van der Waals surface area contributed by atoms with E-state index in [1.165, 1.54) is 10.6 Å². The molecule has 0 aromatic heterocycles. The van der Waals surface area contributed by atoms with Crippen molar-refractivity contribution in [2.24, 2.45) is 0 Å². The predicted octanol–water partition coefficient (Wildman–Crippen LogP) is 2.69. The molecule has 1 N–H and O–H groups in total. The van der Waals surface area contributed by atoms with Crippen LogP contribution in [0.4, 0.5) is 5.69 Å². The van der Waals surface area contributed by atoms with E-state index in [9.17, 15) is 13.2 Å². The second-order valence-electron chi connectivity index (χ2n) is 5.69. The zero-order chi connectivity index (χ0) is 16.8. The second kappa shape index (κ2) is 8.29. The van der Waals surface area contributed by atoms with Crippen molar-refractivity contribution in [3.63, 3.8) is 0 Å². The lowest BCUT2D eigenvalue weighted by Crippen LogP contribution is -2.33. The molecule has 22 heavy (non-hydrogen) atoms. The molecule has 5 nitrogen and oxygen atoms in total. The minimum atomic E-state index is -3.27. The Balaban J connectivity index is 2.60. The summed E-state index contributed by atoms with van der Waals surface area (Å²) >= 11 is 0. The highest BCUT2D eigenvalue weighted by Crippen LogP contribution is 2.14. The number of carbonyl (C=O) groups is 1. The highest BCUT2D eigenvalue weighted by Gasteiger charge is 2.17. The molecule has 1 aromatic rings. The third-order valence-electron chi connectivity index (χ3n) is 3.32. The molecule has 0 aliphatic heterocycles. The molecular formula is C16H26N2O3S. The second-order valence-corrected chi connectivity index (χ2v) is 7.67. The number of hydrogen-bond donors (Lipinski definition) is 1. The summed E-state index contributed by atoms with van der Waals surface area (Å²) in [5.41, 5.74) is 2.91. The fourth-order valence-electron chi connectivity index (χ4n) is 2.27. The van der Waals surface area contributed by atoms with E-state index in [2.05, 4.69) is 5.32 Å². The molecule has 0 fully saturated rings. The van der Waals surface area contributed by atoms with E-state index >= 15 is 0 Å². The molecular weight excluding hydrogens is 300 g/mol. The molecule has 0 bridgehead atoms. The van der Waals surface area contributed by atoms with Gasteiger partial charge in [0.25, 0.3) is 0 Å². The van der Waals surface area contributed by atoms with Gasteiger partial charge in [0.15, 0.2) is 0 Å². The van der Waals surface area contributed by atoms with Gasteiger partial charge in [0.2, 0.25) is 15.9 Å². The summed E-state index contributed by atoms with van der Waals surface area (Å²) in [5.74, 6) is -0.171. The maximum absolute atomic E-state index is 12.0. The molecule has 0 aliphatic rings. The van der Waals surface area contributed by atoms with Gasteiger partial charge < -0.3 is 5.32 Å². The van der Waals surface area contributed by atoms with E-state index in [1.807, 2.05) is 39.0 Å². The number of rotatable bonds is 8. The van der Waals surface area contributed by atoms with Crippen LogP contribution in [-0.2, 0) is 14.8 Å². The first-order chi connectivity index (χ1) is 10.2. The molecule has 0 radical (unpaired) electrons. The van der Waals surface area contributed by atoms with Crippen LogP contribution in [0.3, 0.4) is 0 Å². The van der Waals surface area contributed by atoms with Gasteiger partial charge in [-0.15, -0.1) is 0 Å². The van der Waals surface area contributed by atoms with Crippen molar-refractivity contribution in [2.45, 2.75) is 40.0 Å². The number of amides is 1. The molecule has 0 heterocycles. The van der Waals surface area contributed by atoms with E-state index in [1.54, 1.807) is 0 Å². The third kappa shape index (κ3) is 6.58. The standard InChI is InChI=1S/C16H26N2O3S/c1-5-6-8-18(22(4,20)21)9-7-16(19)17-15-11-13(2)10-14(3)12-15/h10-12H,5-9H2,1-4H3,(H,17,19). The lowest BCUT2D eigenvalue weighted by molar-refractivity contribution is -0.116. The van der Waals surface area contributed by atoms with Crippen molar-refractivity contribution in [1.82, 2.24) is 4.31 Å². The molecule has 0 unspecified atom stereocenters. The van der Waals surface area contributed by atoms with Crippen LogP contribution in [-0.4, -0.2) is 38.0 Å². The van der Waals surface area contributed by atoms with E-state index in [-0.39, 0.29) is 18.9 Å². The largest absolute Gasteiger partial charge is 0.326 e. The lowest BCUT2D eigenvalue weighted by atomic mass is 10.1. The van der Waals surface area contributed by atoms with Gasteiger partial charge in [-0.2, -0.15) is 0 Å². The first-order valence-corrected chi connectivity index (χ1v) is 9.40. The monoisotopic (exact) mass is 326 g/mol. The average Bonchev–Trinajstić information content (AvgIpc) is 2.35. The maximum atomic E-state index is 12.0. The smallest absolute Gasteiger partial charge is 0.225 e. The Morgan fingerprint density at radius 1 is 1.14 bits per heavy atom. The van der Waals surface area contributed by atoms with Crippen LogP contribution in [0, 0.1) is 13.8 Å². The van der Waals surface area contributed by atoms with Gasteiger partial charge in [-0.25, -0.2) is 12.7 Å². The van der Waals surface area contributed by atoms with Gasteiger partial charge in [0.05, 0.1) is 6.26 Å². The zero-order valence-electron chi connectivity index (χ0n) is 13.8. The summed E-state index contributed by atoms with van der Waals surface area (Å²) in [6.07, 6.45) is 3.06. The predicted molar refractivity (Wildman–Crippen MR) is 90.5 cm³/mol. The fourth-order valence-corrected chi connectivity index (χ4v) is 3.16. The summed E-state index contributed by atoms with van der Waals surface area (Å²) in [5, 5.41) is 2.83. The molecule has 0 saturated heterocycles. The Bertz CT molecular complexity index is 592. The Kier molecular flexibility index (Phi) is 7.03. The Morgan fingerprint density at radius 3 is 2.23 bits per heavy atom. The van der Waals surface area contributed by atoms with Gasteiger partial charge in [0, 0.05) is 25.2 Å². The first kappa shape index (κ1) is 18.6. The van der Waals surface area contributed by atoms with Crippen LogP contribution in [0.25, 0.3) is 0 Å². The van der Waals surface area contributed by atoms with Gasteiger partial charge in [0.1, 0.15) is 0 Å². The number of carbonyl (C=O) groups excluding carboxylic acids is 1. The first-order valence-electron chi connectivity index (χ1n) is 7.55. The molecule has 124 valence electrons. The SMILES string of the molecule is CCCCN(CCC(=O)Nc1cc(C)cc(C)c1)S(C)(=O)=O. The molecule has 1 amide bonds. The van der Waals surface area contributed by atoms with Crippen LogP contribution in [0.15, 0.2) is 18.2 Å². The molecule has 6 heteroatoms. The van der Waals surface area contributed by atoms with E-state index in [4.69, 9.17) is 0 Å². The highest BCUT2D eigenvalue weighted by atomic mass is 32.2.